The zero-order valence-electron chi connectivity index (χ0n) is 16.5. The van der Waals surface area contributed by atoms with E-state index in [-0.39, 0.29) is 5.91 Å². The standard InChI is InChI=1S/C21H24N6O2/c1-16-5-4-10-23-18(16)15-26-11-13-27(14-12-26)20(28)8-7-19-24-21(25-29-19)17-6-2-3-9-22-17/h2-6,9-10H,7-8,11-15H2,1H3. The van der Waals surface area contributed by atoms with Gasteiger partial charge in [0.25, 0.3) is 0 Å². The maximum atomic E-state index is 12.6. The lowest BCUT2D eigenvalue weighted by Gasteiger charge is -2.34. The molecule has 3 aromatic rings. The van der Waals surface area contributed by atoms with Crippen LogP contribution >= 0.6 is 0 Å². The quantitative estimate of drug-likeness (QED) is 0.635. The average Bonchev–Trinajstić information content (AvgIpc) is 3.24. The highest BCUT2D eigenvalue weighted by Gasteiger charge is 2.22. The number of rotatable bonds is 6. The monoisotopic (exact) mass is 392 g/mol. The van der Waals surface area contributed by atoms with Gasteiger partial charge in [-0.2, -0.15) is 4.98 Å². The highest BCUT2D eigenvalue weighted by atomic mass is 16.5. The van der Waals surface area contributed by atoms with Gasteiger partial charge in [0.15, 0.2) is 0 Å². The van der Waals surface area contributed by atoms with E-state index in [2.05, 4.69) is 38.0 Å². The van der Waals surface area contributed by atoms with E-state index in [1.165, 1.54) is 5.56 Å². The summed E-state index contributed by atoms with van der Waals surface area (Å²) in [7, 11) is 0. The average molecular weight is 392 g/mol. The van der Waals surface area contributed by atoms with Crippen LogP contribution in [0.5, 0.6) is 0 Å². The number of aromatic nitrogens is 4. The Kier molecular flexibility index (Phi) is 5.90. The number of hydrogen-bond acceptors (Lipinski definition) is 7. The topological polar surface area (TPSA) is 88.3 Å². The molecule has 8 nitrogen and oxygen atoms in total. The van der Waals surface area contributed by atoms with Gasteiger partial charge >= 0.3 is 0 Å². The molecule has 29 heavy (non-hydrogen) atoms. The normalized spacial score (nSPS) is 14.9. The number of aryl methyl sites for hydroxylation is 2. The molecule has 1 aliphatic heterocycles. The summed E-state index contributed by atoms with van der Waals surface area (Å²) in [5.74, 6) is 1.03. The van der Waals surface area contributed by atoms with Crippen LogP contribution in [0, 0.1) is 6.92 Å². The highest BCUT2D eigenvalue weighted by Crippen LogP contribution is 2.14. The third kappa shape index (κ3) is 4.83. The Morgan fingerprint density at radius 3 is 2.66 bits per heavy atom. The lowest BCUT2D eigenvalue weighted by Crippen LogP contribution is -2.48. The molecule has 0 bridgehead atoms. The number of pyridine rings is 2. The minimum atomic E-state index is 0.122. The number of amides is 1. The van der Waals surface area contributed by atoms with Crippen LogP contribution in [0.1, 0.15) is 23.6 Å². The van der Waals surface area contributed by atoms with Crippen molar-refractivity contribution >= 4 is 5.91 Å². The van der Waals surface area contributed by atoms with Crippen molar-refractivity contribution in [3.8, 4) is 11.5 Å². The first-order valence-electron chi connectivity index (χ1n) is 9.83. The Labute approximate surface area is 169 Å². The number of carbonyl (C=O) groups is 1. The predicted octanol–water partition coefficient (Wildman–Crippen LogP) is 2.11. The number of nitrogens with zero attached hydrogens (tertiary/aromatic N) is 6. The number of carbonyl (C=O) groups excluding carboxylic acids is 1. The van der Waals surface area contributed by atoms with Gasteiger partial charge in [0.1, 0.15) is 5.69 Å². The first-order valence-corrected chi connectivity index (χ1v) is 9.83. The molecule has 1 amide bonds. The number of hydrogen-bond donors (Lipinski definition) is 0. The molecule has 0 atom stereocenters. The SMILES string of the molecule is Cc1cccnc1CN1CCN(C(=O)CCc2nc(-c3ccccn3)no2)CC1. The van der Waals surface area contributed by atoms with E-state index in [9.17, 15) is 4.79 Å². The molecule has 8 heteroatoms. The van der Waals surface area contributed by atoms with Crippen LogP contribution in [0.2, 0.25) is 0 Å². The summed E-state index contributed by atoms with van der Waals surface area (Å²) in [6, 6.07) is 9.57. The molecule has 0 unspecified atom stereocenters. The maximum Gasteiger partial charge on any atom is 0.227 e. The van der Waals surface area contributed by atoms with Crippen molar-refractivity contribution in [1.29, 1.82) is 0 Å². The lowest BCUT2D eigenvalue weighted by molar-refractivity contribution is -0.133. The van der Waals surface area contributed by atoms with Crippen molar-refractivity contribution in [2.24, 2.45) is 0 Å². The van der Waals surface area contributed by atoms with Gasteiger partial charge in [0, 0.05) is 58.0 Å². The van der Waals surface area contributed by atoms with E-state index in [1.807, 2.05) is 35.4 Å². The summed E-state index contributed by atoms with van der Waals surface area (Å²) in [4.78, 5) is 29.8. The molecular formula is C21H24N6O2. The number of piperazine rings is 1. The van der Waals surface area contributed by atoms with Crippen LogP contribution in [0.3, 0.4) is 0 Å². The summed E-state index contributed by atoms with van der Waals surface area (Å²) in [6.45, 7) is 6.08. The van der Waals surface area contributed by atoms with Crippen molar-refractivity contribution in [2.75, 3.05) is 26.2 Å². The summed E-state index contributed by atoms with van der Waals surface area (Å²) in [6.07, 6.45) is 4.32. The molecule has 150 valence electrons. The first-order chi connectivity index (χ1) is 14.2. The van der Waals surface area contributed by atoms with Gasteiger partial charge < -0.3 is 9.42 Å². The molecule has 1 aliphatic rings. The van der Waals surface area contributed by atoms with E-state index in [1.54, 1.807) is 6.20 Å². The van der Waals surface area contributed by atoms with Crippen molar-refractivity contribution in [3.63, 3.8) is 0 Å². The Morgan fingerprint density at radius 1 is 1.07 bits per heavy atom. The smallest absolute Gasteiger partial charge is 0.227 e. The van der Waals surface area contributed by atoms with Crippen LogP contribution < -0.4 is 0 Å². The third-order valence-electron chi connectivity index (χ3n) is 5.13. The Morgan fingerprint density at radius 2 is 1.90 bits per heavy atom. The summed E-state index contributed by atoms with van der Waals surface area (Å²) in [5, 5.41) is 3.95. The minimum Gasteiger partial charge on any atom is -0.340 e. The van der Waals surface area contributed by atoms with E-state index >= 15 is 0 Å². The molecule has 4 rings (SSSR count). The third-order valence-corrected chi connectivity index (χ3v) is 5.13. The maximum absolute atomic E-state index is 12.6. The highest BCUT2D eigenvalue weighted by molar-refractivity contribution is 5.76. The van der Waals surface area contributed by atoms with Crippen molar-refractivity contribution in [1.82, 2.24) is 29.9 Å². The van der Waals surface area contributed by atoms with Gasteiger partial charge in [-0.1, -0.05) is 17.3 Å². The molecule has 0 radical (unpaired) electrons. The van der Waals surface area contributed by atoms with Crippen LogP contribution in [0.4, 0.5) is 0 Å². The zero-order chi connectivity index (χ0) is 20.1. The van der Waals surface area contributed by atoms with E-state index < -0.39 is 0 Å². The van der Waals surface area contributed by atoms with Gasteiger partial charge in [-0.05, 0) is 30.7 Å². The Hall–Kier alpha value is -3.13. The second kappa shape index (κ2) is 8.91. The van der Waals surface area contributed by atoms with Crippen LogP contribution in [0.25, 0.3) is 11.5 Å². The molecule has 1 fully saturated rings. The van der Waals surface area contributed by atoms with Gasteiger partial charge in [0.05, 0.1) is 5.69 Å². The lowest BCUT2D eigenvalue weighted by atomic mass is 10.2. The van der Waals surface area contributed by atoms with Crippen molar-refractivity contribution in [2.45, 2.75) is 26.3 Å². The molecule has 0 aliphatic carbocycles. The fourth-order valence-corrected chi connectivity index (χ4v) is 3.38. The molecule has 4 heterocycles. The van der Waals surface area contributed by atoms with Crippen LogP contribution in [-0.4, -0.2) is 62.0 Å². The van der Waals surface area contributed by atoms with Gasteiger partial charge in [-0.3, -0.25) is 19.7 Å². The second-order valence-electron chi connectivity index (χ2n) is 7.15. The van der Waals surface area contributed by atoms with Gasteiger partial charge in [-0.25, -0.2) is 0 Å². The first kappa shape index (κ1) is 19.2. The molecule has 0 aromatic carbocycles. The predicted molar refractivity (Wildman–Crippen MR) is 107 cm³/mol. The van der Waals surface area contributed by atoms with Crippen molar-refractivity contribution < 1.29 is 9.32 Å². The van der Waals surface area contributed by atoms with Gasteiger partial charge in [0.2, 0.25) is 17.6 Å². The zero-order valence-corrected chi connectivity index (χ0v) is 16.5. The fraction of sp³-hybridized carbons (Fsp3) is 0.381. The summed E-state index contributed by atoms with van der Waals surface area (Å²) >= 11 is 0. The molecule has 0 saturated carbocycles. The largest absolute Gasteiger partial charge is 0.340 e. The second-order valence-corrected chi connectivity index (χ2v) is 7.15. The van der Waals surface area contributed by atoms with E-state index in [4.69, 9.17) is 4.52 Å². The summed E-state index contributed by atoms with van der Waals surface area (Å²) < 4.78 is 5.26. The van der Waals surface area contributed by atoms with E-state index in [0.717, 1.165) is 38.4 Å². The Bertz CT molecular complexity index is 951. The van der Waals surface area contributed by atoms with Crippen LogP contribution in [0.15, 0.2) is 47.2 Å². The van der Waals surface area contributed by atoms with Gasteiger partial charge in [-0.15, -0.1) is 0 Å². The van der Waals surface area contributed by atoms with Crippen LogP contribution in [-0.2, 0) is 17.8 Å². The molecular weight excluding hydrogens is 368 g/mol. The molecule has 1 saturated heterocycles. The van der Waals surface area contributed by atoms with Crippen molar-refractivity contribution in [3.05, 3.63) is 59.9 Å². The molecule has 0 N–H and O–H groups in total. The fourth-order valence-electron chi connectivity index (χ4n) is 3.38. The minimum absolute atomic E-state index is 0.122. The Balaban J connectivity index is 1.24. The van der Waals surface area contributed by atoms with E-state index in [0.29, 0.717) is 30.3 Å². The molecule has 0 spiro atoms. The summed E-state index contributed by atoms with van der Waals surface area (Å²) in [5.41, 5.74) is 2.97. The molecule has 3 aromatic heterocycles.